The van der Waals surface area contributed by atoms with Gasteiger partial charge < -0.3 is 9.64 Å². The summed E-state index contributed by atoms with van der Waals surface area (Å²) in [5, 5.41) is 0. The van der Waals surface area contributed by atoms with E-state index in [1.54, 1.807) is 19.1 Å². The normalized spacial score (nSPS) is 13.1. The standard InChI is InChI=1S/C10H11NO2.C2H6/c1-11-6-8-7(10(11)12)4-3-5-9(8)13-2;1-2/h3-5H,6H2,1-2H3;1-2H3. The van der Waals surface area contributed by atoms with Crippen LogP contribution in [0.3, 0.4) is 0 Å². The second kappa shape index (κ2) is 4.82. The predicted octanol–water partition coefficient (Wildman–Crippen LogP) is 2.31. The van der Waals surface area contributed by atoms with Gasteiger partial charge in [0.2, 0.25) is 0 Å². The van der Waals surface area contributed by atoms with E-state index in [0.717, 1.165) is 16.9 Å². The van der Waals surface area contributed by atoms with E-state index in [1.165, 1.54) is 0 Å². The largest absolute Gasteiger partial charge is 0.496 e. The zero-order valence-electron chi connectivity index (χ0n) is 9.70. The molecule has 0 unspecified atom stereocenters. The topological polar surface area (TPSA) is 29.5 Å². The van der Waals surface area contributed by atoms with Crippen molar-refractivity contribution in [1.29, 1.82) is 0 Å². The quantitative estimate of drug-likeness (QED) is 0.707. The number of rotatable bonds is 1. The molecule has 1 aromatic carbocycles. The van der Waals surface area contributed by atoms with Crippen LogP contribution in [-0.4, -0.2) is 25.0 Å². The molecule has 0 N–H and O–H groups in total. The van der Waals surface area contributed by atoms with Gasteiger partial charge >= 0.3 is 0 Å². The van der Waals surface area contributed by atoms with E-state index in [0.29, 0.717) is 6.54 Å². The molecule has 0 atom stereocenters. The fourth-order valence-electron chi connectivity index (χ4n) is 1.63. The Morgan fingerprint density at radius 1 is 1.33 bits per heavy atom. The van der Waals surface area contributed by atoms with E-state index < -0.39 is 0 Å². The minimum absolute atomic E-state index is 0.0777. The average molecular weight is 207 g/mol. The van der Waals surface area contributed by atoms with Crippen molar-refractivity contribution in [3.63, 3.8) is 0 Å². The van der Waals surface area contributed by atoms with Crippen LogP contribution >= 0.6 is 0 Å². The number of fused-ring (bicyclic) bond motifs is 1. The van der Waals surface area contributed by atoms with Gasteiger partial charge in [0.15, 0.2) is 0 Å². The Balaban J connectivity index is 0.000000531. The molecule has 1 heterocycles. The van der Waals surface area contributed by atoms with Gasteiger partial charge in [0.05, 0.1) is 13.7 Å². The van der Waals surface area contributed by atoms with Crippen LogP contribution < -0.4 is 4.74 Å². The van der Waals surface area contributed by atoms with Gasteiger partial charge in [0.1, 0.15) is 5.75 Å². The summed E-state index contributed by atoms with van der Waals surface area (Å²) in [5.74, 6) is 0.879. The maximum absolute atomic E-state index is 11.5. The number of hydrogen-bond acceptors (Lipinski definition) is 2. The lowest BCUT2D eigenvalue weighted by Gasteiger charge is -2.06. The van der Waals surface area contributed by atoms with Crippen molar-refractivity contribution in [1.82, 2.24) is 4.90 Å². The molecule has 1 aliphatic heterocycles. The Hall–Kier alpha value is -1.51. The summed E-state index contributed by atoms with van der Waals surface area (Å²) in [7, 11) is 3.42. The van der Waals surface area contributed by atoms with Crippen LogP contribution in [0.1, 0.15) is 29.8 Å². The van der Waals surface area contributed by atoms with Crippen molar-refractivity contribution in [2.75, 3.05) is 14.2 Å². The van der Waals surface area contributed by atoms with Crippen LogP contribution in [-0.2, 0) is 6.54 Å². The maximum Gasteiger partial charge on any atom is 0.254 e. The average Bonchev–Trinajstić information content (AvgIpc) is 2.58. The molecule has 0 aliphatic carbocycles. The third-order valence-corrected chi connectivity index (χ3v) is 2.33. The van der Waals surface area contributed by atoms with E-state index in [-0.39, 0.29) is 5.91 Å². The lowest BCUT2D eigenvalue weighted by molar-refractivity contribution is 0.0816. The van der Waals surface area contributed by atoms with Gasteiger partial charge in [-0.15, -0.1) is 0 Å². The van der Waals surface area contributed by atoms with Gasteiger partial charge in [0.25, 0.3) is 5.91 Å². The second-order valence-corrected chi connectivity index (χ2v) is 3.15. The first-order chi connectivity index (χ1) is 7.24. The smallest absolute Gasteiger partial charge is 0.254 e. The van der Waals surface area contributed by atoms with Crippen LogP contribution in [0.15, 0.2) is 18.2 Å². The van der Waals surface area contributed by atoms with Crippen LogP contribution in [0, 0.1) is 0 Å². The molecule has 0 saturated carbocycles. The molecule has 0 bridgehead atoms. The minimum Gasteiger partial charge on any atom is -0.496 e. The number of hydrogen-bond donors (Lipinski definition) is 0. The SMILES string of the molecule is CC.COc1cccc2c1CN(C)C2=O. The fourth-order valence-corrected chi connectivity index (χ4v) is 1.63. The van der Waals surface area contributed by atoms with Gasteiger partial charge in [-0.1, -0.05) is 19.9 Å². The van der Waals surface area contributed by atoms with Gasteiger partial charge in [-0.2, -0.15) is 0 Å². The lowest BCUT2D eigenvalue weighted by atomic mass is 10.1. The molecule has 82 valence electrons. The van der Waals surface area contributed by atoms with Crippen molar-refractivity contribution in [3.05, 3.63) is 29.3 Å². The number of nitrogens with zero attached hydrogens (tertiary/aromatic N) is 1. The van der Waals surface area contributed by atoms with E-state index >= 15 is 0 Å². The van der Waals surface area contributed by atoms with Crippen LogP contribution in [0.4, 0.5) is 0 Å². The first kappa shape index (κ1) is 11.6. The van der Waals surface area contributed by atoms with Crippen molar-refractivity contribution in [3.8, 4) is 5.75 Å². The minimum atomic E-state index is 0.0777. The third-order valence-electron chi connectivity index (χ3n) is 2.33. The van der Waals surface area contributed by atoms with Crippen LogP contribution in [0.5, 0.6) is 5.75 Å². The van der Waals surface area contributed by atoms with Crippen molar-refractivity contribution in [2.45, 2.75) is 20.4 Å². The Labute approximate surface area is 90.7 Å². The van der Waals surface area contributed by atoms with E-state index in [9.17, 15) is 4.79 Å². The predicted molar refractivity (Wildman–Crippen MR) is 60.1 cm³/mol. The summed E-state index contributed by atoms with van der Waals surface area (Å²) in [5.41, 5.74) is 1.76. The monoisotopic (exact) mass is 207 g/mol. The molecule has 1 aromatic rings. The molecular formula is C12H17NO2. The lowest BCUT2D eigenvalue weighted by Crippen LogP contribution is -2.17. The Morgan fingerprint density at radius 2 is 2.00 bits per heavy atom. The molecule has 0 fully saturated rings. The molecule has 1 amide bonds. The van der Waals surface area contributed by atoms with Crippen LogP contribution in [0.25, 0.3) is 0 Å². The van der Waals surface area contributed by atoms with Crippen molar-refractivity contribution < 1.29 is 9.53 Å². The highest BCUT2D eigenvalue weighted by Crippen LogP contribution is 2.29. The highest BCUT2D eigenvalue weighted by molar-refractivity contribution is 5.98. The molecule has 15 heavy (non-hydrogen) atoms. The highest BCUT2D eigenvalue weighted by Gasteiger charge is 2.26. The number of carbonyl (C=O) groups is 1. The Kier molecular flexibility index (Phi) is 3.72. The van der Waals surface area contributed by atoms with Gasteiger partial charge in [0, 0.05) is 18.2 Å². The molecule has 0 radical (unpaired) electrons. The second-order valence-electron chi connectivity index (χ2n) is 3.15. The first-order valence-electron chi connectivity index (χ1n) is 5.15. The molecular weight excluding hydrogens is 190 g/mol. The number of benzene rings is 1. The van der Waals surface area contributed by atoms with E-state index in [4.69, 9.17) is 4.74 Å². The molecule has 3 nitrogen and oxygen atoms in total. The van der Waals surface area contributed by atoms with Gasteiger partial charge in [-0.3, -0.25) is 4.79 Å². The summed E-state index contributed by atoms with van der Waals surface area (Å²) in [6, 6.07) is 5.56. The van der Waals surface area contributed by atoms with E-state index in [2.05, 4.69) is 0 Å². The summed E-state index contributed by atoms with van der Waals surface area (Å²) in [6.07, 6.45) is 0. The molecule has 2 rings (SSSR count). The molecule has 1 aliphatic rings. The summed E-state index contributed by atoms with van der Waals surface area (Å²) in [4.78, 5) is 13.2. The Morgan fingerprint density at radius 3 is 2.60 bits per heavy atom. The zero-order chi connectivity index (χ0) is 11.4. The van der Waals surface area contributed by atoms with E-state index in [1.807, 2.05) is 32.0 Å². The number of amides is 1. The van der Waals surface area contributed by atoms with Gasteiger partial charge in [-0.05, 0) is 12.1 Å². The summed E-state index contributed by atoms with van der Waals surface area (Å²) in [6.45, 7) is 4.65. The van der Waals surface area contributed by atoms with Crippen LogP contribution in [0.2, 0.25) is 0 Å². The first-order valence-corrected chi connectivity index (χ1v) is 5.15. The highest BCUT2D eigenvalue weighted by atomic mass is 16.5. The van der Waals surface area contributed by atoms with Gasteiger partial charge in [-0.25, -0.2) is 0 Å². The fraction of sp³-hybridized carbons (Fsp3) is 0.417. The number of carbonyl (C=O) groups excluding carboxylic acids is 1. The maximum atomic E-state index is 11.5. The summed E-state index contributed by atoms with van der Waals surface area (Å²) < 4.78 is 5.17. The molecule has 0 saturated heterocycles. The number of methoxy groups -OCH3 is 1. The molecule has 0 aromatic heterocycles. The zero-order valence-corrected chi connectivity index (χ0v) is 9.70. The van der Waals surface area contributed by atoms with Crippen molar-refractivity contribution >= 4 is 5.91 Å². The number of ether oxygens (including phenoxy) is 1. The molecule has 0 spiro atoms. The summed E-state index contributed by atoms with van der Waals surface area (Å²) >= 11 is 0. The van der Waals surface area contributed by atoms with Crippen molar-refractivity contribution in [2.24, 2.45) is 0 Å². The third kappa shape index (κ3) is 1.96. The molecule has 3 heteroatoms. The Bertz CT molecular complexity index is 361.